The zero-order valence-electron chi connectivity index (χ0n) is 13.1. The maximum absolute atomic E-state index is 12.6. The van der Waals surface area contributed by atoms with Crippen molar-refractivity contribution in [3.05, 3.63) is 29.8 Å². The highest BCUT2D eigenvalue weighted by atomic mass is 19.3. The fraction of sp³-hybridized carbons (Fsp3) is 0.647. The Morgan fingerprint density at radius 1 is 1.24 bits per heavy atom. The van der Waals surface area contributed by atoms with Crippen LogP contribution >= 0.6 is 0 Å². The lowest BCUT2D eigenvalue weighted by Gasteiger charge is -2.19. The van der Waals surface area contributed by atoms with E-state index >= 15 is 0 Å². The van der Waals surface area contributed by atoms with E-state index in [4.69, 9.17) is 4.74 Å². The predicted molar refractivity (Wildman–Crippen MR) is 81.2 cm³/mol. The fourth-order valence-electron chi connectivity index (χ4n) is 2.62. The van der Waals surface area contributed by atoms with E-state index < -0.39 is 12.3 Å². The summed E-state index contributed by atoms with van der Waals surface area (Å²) >= 11 is 0. The van der Waals surface area contributed by atoms with Gasteiger partial charge < -0.3 is 4.74 Å². The van der Waals surface area contributed by atoms with Crippen molar-refractivity contribution in [3.8, 4) is 5.75 Å². The number of alkyl halides is 2. The lowest BCUT2D eigenvalue weighted by Crippen LogP contribution is -2.27. The molecule has 118 valence electrons. The molecule has 0 N–H and O–H groups in total. The fourth-order valence-corrected chi connectivity index (χ4v) is 2.62. The van der Waals surface area contributed by atoms with Crippen molar-refractivity contribution < 1.29 is 13.5 Å². The van der Waals surface area contributed by atoms with E-state index in [1.165, 1.54) is 5.56 Å². The topological polar surface area (TPSA) is 12.5 Å². The number of ether oxygens (including phenoxy) is 1. The van der Waals surface area contributed by atoms with Crippen molar-refractivity contribution in [2.24, 2.45) is 5.92 Å². The van der Waals surface area contributed by atoms with E-state index in [1.807, 2.05) is 12.1 Å². The maximum Gasteiger partial charge on any atom is 0.242 e. The molecule has 0 aromatic heterocycles. The third kappa shape index (κ3) is 4.67. The third-order valence-corrected chi connectivity index (χ3v) is 4.06. The molecule has 21 heavy (non-hydrogen) atoms. The van der Waals surface area contributed by atoms with Gasteiger partial charge in [0.05, 0.1) is 0 Å². The number of rotatable bonds is 5. The summed E-state index contributed by atoms with van der Waals surface area (Å²) in [6.07, 6.45) is -1.60. The average molecular weight is 297 g/mol. The number of hydrogen-bond donors (Lipinski definition) is 0. The summed E-state index contributed by atoms with van der Waals surface area (Å²) in [6.45, 7) is 9.03. The van der Waals surface area contributed by atoms with Gasteiger partial charge in [0.15, 0.2) is 0 Å². The Morgan fingerprint density at radius 2 is 1.90 bits per heavy atom. The Morgan fingerprint density at radius 3 is 2.43 bits per heavy atom. The first kappa shape index (κ1) is 16.2. The van der Waals surface area contributed by atoms with Gasteiger partial charge >= 0.3 is 0 Å². The summed E-state index contributed by atoms with van der Waals surface area (Å²) in [7, 11) is 0. The van der Waals surface area contributed by atoms with Gasteiger partial charge in [-0.05, 0) is 36.1 Å². The summed E-state index contributed by atoms with van der Waals surface area (Å²) in [6, 6.07) is 8.12. The van der Waals surface area contributed by atoms with E-state index in [0.717, 1.165) is 12.3 Å². The minimum atomic E-state index is -2.19. The van der Waals surface area contributed by atoms with Crippen LogP contribution in [-0.4, -0.2) is 37.6 Å². The molecular formula is C17H25F2NO. The van der Waals surface area contributed by atoms with E-state index in [-0.39, 0.29) is 5.41 Å². The quantitative estimate of drug-likeness (QED) is 0.816. The van der Waals surface area contributed by atoms with Gasteiger partial charge in [-0.1, -0.05) is 32.9 Å². The van der Waals surface area contributed by atoms with Crippen molar-refractivity contribution >= 4 is 0 Å². The molecule has 1 atom stereocenters. The van der Waals surface area contributed by atoms with Crippen molar-refractivity contribution in [3.63, 3.8) is 0 Å². The first-order valence-corrected chi connectivity index (χ1v) is 7.60. The van der Waals surface area contributed by atoms with Crippen LogP contribution in [0.5, 0.6) is 5.75 Å². The molecule has 1 aromatic rings. The van der Waals surface area contributed by atoms with Crippen LogP contribution in [-0.2, 0) is 5.41 Å². The maximum atomic E-state index is 12.6. The molecule has 1 fully saturated rings. The van der Waals surface area contributed by atoms with Crippen LogP contribution in [0, 0.1) is 5.92 Å². The molecule has 2 nitrogen and oxygen atoms in total. The molecule has 0 aliphatic carbocycles. The molecule has 0 unspecified atom stereocenters. The second-order valence-electron chi connectivity index (χ2n) is 6.81. The lowest BCUT2D eigenvalue weighted by molar-refractivity contribution is 0.0796. The van der Waals surface area contributed by atoms with Gasteiger partial charge in [-0.15, -0.1) is 0 Å². The standard InChI is InChI=1S/C17H25F2NO/c1-17(2,3)14-4-6-15(7-5-14)21-11-10-20-9-8-13(12-20)16(18)19/h4-7,13,16H,8-12H2,1-3H3/t13-/m1/s1. The van der Waals surface area contributed by atoms with Gasteiger partial charge in [0.25, 0.3) is 0 Å². The van der Waals surface area contributed by atoms with Crippen LogP contribution in [0.4, 0.5) is 8.78 Å². The number of likely N-dealkylation sites (tertiary alicyclic amines) is 1. The van der Waals surface area contributed by atoms with Crippen molar-refractivity contribution in [1.82, 2.24) is 4.90 Å². The monoisotopic (exact) mass is 297 g/mol. The highest BCUT2D eigenvalue weighted by Crippen LogP contribution is 2.25. The molecule has 1 aromatic carbocycles. The van der Waals surface area contributed by atoms with E-state index in [1.54, 1.807) is 0 Å². The van der Waals surface area contributed by atoms with E-state index in [9.17, 15) is 8.78 Å². The minimum Gasteiger partial charge on any atom is -0.492 e. The van der Waals surface area contributed by atoms with Gasteiger partial charge in [0, 0.05) is 19.0 Å². The van der Waals surface area contributed by atoms with Crippen molar-refractivity contribution in [2.75, 3.05) is 26.2 Å². The van der Waals surface area contributed by atoms with Gasteiger partial charge in [-0.2, -0.15) is 0 Å². The number of nitrogens with zero attached hydrogens (tertiary/aromatic N) is 1. The Bertz CT molecular complexity index is 439. The molecule has 0 saturated carbocycles. The summed E-state index contributed by atoms with van der Waals surface area (Å²) < 4.78 is 30.9. The van der Waals surface area contributed by atoms with Crippen LogP contribution in [0.25, 0.3) is 0 Å². The molecular weight excluding hydrogens is 272 g/mol. The number of halogens is 2. The van der Waals surface area contributed by atoms with Gasteiger partial charge in [-0.25, -0.2) is 8.78 Å². The first-order chi connectivity index (χ1) is 9.86. The van der Waals surface area contributed by atoms with Gasteiger partial charge in [0.1, 0.15) is 12.4 Å². The summed E-state index contributed by atoms with van der Waals surface area (Å²) in [5.41, 5.74) is 1.41. The highest BCUT2D eigenvalue weighted by Gasteiger charge is 2.29. The zero-order valence-corrected chi connectivity index (χ0v) is 13.1. The average Bonchev–Trinajstić information content (AvgIpc) is 2.87. The SMILES string of the molecule is CC(C)(C)c1ccc(OCCN2CC[C@@H](C(F)F)C2)cc1. The zero-order chi connectivity index (χ0) is 15.5. The van der Waals surface area contributed by atoms with Crippen molar-refractivity contribution in [2.45, 2.75) is 39.0 Å². The summed E-state index contributed by atoms with van der Waals surface area (Å²) in [4.78, 5) is 2.06. The largest absolute Gasteiger partial charge is 0.492 e. The highest BCUT2D eigenvalue weighted by molar-refractivity contribution is 5.31. The summed E-state index contributed by atoms with van der Waals surface area (Å²) in [5.74, 6) is 0.378. The van der Waals surface area contributed by atoms with Gasteiger partial charge in [0.2, 0.25) is 6.43 Å². The predicted octanol–water partition coefficient (Wildman–Crippen LogP) is 3.95. The molecule has 0 spiro atoms. The van der Waals surface area contributed by atoms with Crippen LogP contribution in [0.3, 0.4) is 0 Å². The smallest absolute Gasteiger partial charge is 0.242 e. The summed E-state index contributed by atoms with van der Waals surface area (Å²) in [5, 5.41) is 0. The Balaban J connectivity index is 1.74. The Kier molecular flexibility index (Phi) is 5.20. The molecule has 4 heteroatoms. The molecule has 2 rings (SSSR count). The Hall–Kier alpha value is -1.16. The van der Waals surface area contributed by atoms with Gasteiger partial charge in [-0.3, -0.25) is 4.90 Å². The molecule has 1 saturated heterocycles. The van der Waals surface area contributed by atoms with Crippen molar-refractivity contribution in [1.29, 1.82) is 0 Å². The molecule has 0 bridgehead atoms. The third-order valence-electron chi connectivity index (χ3n) is 4.06. The first-order valence-electron chi connectivity index (χ1n) is 7.60. The number of benzene rings is 1. The molecule has 1 heterocycles. The molecule has 0 amide bonds. The minimum absolute atomic E-state index is 0.137. The van der Waals surface area contributed by atoms with E-state index in [2.05, 4.69) is 37.8 Å². The normalized spacial score (nSPS) is 20.2. The van der Waals surface area contributed by atoms with Crippen LogP contribution < -0.4 is 4.74 Å². The second-order valence-corrected chi connectivity index (χ2v) is 6.81. The number of hydrogen-bond acceptors (Lipinski definition) is 2. The van der Waals surface area contributed by atoms with Crippen LogP contribution in [0.2, 0.25) is 0 Å². The Labute approximate surface area is 126 Å². The lowest BCUT2D eigenvalue weighted by atomic mass is 9.87. The van der Waals surface area contributed by atoms with E-state index in [0.29, 0.717) is 26.1 Å². The molecule has 1 aliphatic rings. The van der Waals surface area contributed by atoms with Crippen LogP contribution in [0.1, 0.15) is 32.8 Å². The van der Waals surface area contributed by atoms with Crippen LogP contribution in [0.15, 0.2) is 24.3 Å². The molecule has 0 radical (unpaired) electrons. The molecule has 1 aliphatic heterocycles. The second kappa shape index (κ2) is 6.73.